The van der Waals surface area contributed by atoms with E-state index >= 15 is 0 Å². The SMILES string of the molecule is COc1ccc([C@@H]2CC(c3cccs3)=NN2C(=O)CSc2nc(C)cc(C)c2C#N)cc1OC. The zero-order valence-corrected chi connectivity index (χ0v) is 21.0. The zero-order valence-electron chi connectivity index (χ0n) is 19.4. The summed E-state index contributed by atoms with van der Waals surface area (Å²) in [6.45, 7) is 3.76. The number of hydrogen-bond acceptors (Lipinski definition) is 8. The molecule has 3 aromatic rings. The Morgan fingerprint density at radius 2 is 2.03 bits per heavy atom. The number of hydrazone groups is 1. The number of nitrogens with zero attached hydrogens (tertiary/aromatic N) is 4. The van der Waals surface area contributed by atoms with Crippen LogP contribution in [0.4, 0.5) is 0 Å². The van der Waals surface area contributed by atoms with Crippen LogP contribution < -0.4 is 9.47 Å². The molecule has 1 amide bonds. The van der Waals surface area contributed by atoms with Crippen LogP contribution in [0, 0.1) is 25.2 Å². The lowest BCUT2D eigenvalue weighted by Crippen LogP contribution is -2.28. The van der Waals surface area contributed by atoms with Crippen LogP contribution in [0.15, 0.2) is 51.9 Å². The molecule has 0 radical (unpaired) electrons. The van der Waals surface area contributed by atoms with Crippen molar-refractivity contribution in [2.75, 3.05) is 20.0 Å². The third-order valence-corrected chi connectivity index (χ3v) is 7.40. The first kappa shape index (κ1) is 23.8. The van der Waals surface area contributed by atoms with E-state index in [1.165, 1.54) is 11.8 Å². The lowest BCUT2D eigenvalue weighted by atomic mass is 10.0. The minimum absolute atomic E-state index is 0.121. The molecule has 3 heterocycles. The first-order valence-corrected chi connectivity index (χ1v) is 12.5. The van der Waals surface area contributed by atoms with Crippen molar-refractivity contribution in [2.24, 2.45) is 5.10 Å². The molecule has 0 unspecified atom stereocenters. The number of aryl methyl sites for hydroxylation is 2. The topological polar surface area (TPSA) is 87.8 Å². The van der Waals surface area contributed by atoms with Crippen molar-refractivity contribution in [3.8, 4) is 17.6 Å². The molecule has 0 N–H and O–H groups in total. The molecular weight excluding hydrogens is 468 g/mol. The number of nitriles is 1. The van der Waals surface area contributed by atoms with Crippen molar-refractivity contribution < 1.29 is 14.3 Å². The van der Waals surface area contributed by atoms with Crippen molar-refractivity contribution in [1.82, 2.24) is 9.99 Å². The monoisotopic (exact) mass is 492 g/mol. The molecule has 0 bridgehead atoms. The van der Waals surface area contributed by atoms with Gasteiger partial charge in [0.1, 0.15) is 11.1 Å². The van der Waals surface area contributed by atoms with Gasteiger partial charge in [-0.2, -0.15) is 10.4 Å². The molecule has 0 aliphatic carbocycles. The van der Waals surface area contributed by atoms with Crippen LogP contribution in [-0.4, -0.2) is 41.6 Å². The molecule has 1 aliphatic rings. The molecule has 4 rings (SSSR count). The number of amides is 1. The molecule has 1 aromatic carbocycles. The van der Waals surface area contributed by atoms with Gasteiger partial charge in [0.05, 0.1) is 42.2 Å². The summed E-state index contributed by atoms with van der Waals surface area (Å²) in [5, 5.41) is 18.4. The molecular formula is C25H24N4O3S2. The van der Waals surface area contributed by atoms with Crippen molar-refractivity contribution in [1.29, 1.82) is 5.26 Å². The minimum Gasteiger partial charge on any atom is -0.493 e. The Labute approximate surface area is 207 Å². The van der Waals surface area contributed by atoms with E-state index < -0.39 is 0 Å². The van der Waals surface area contributed by atoms with Crippen LogP contribution in [-0.2, 0) is 4.79 Å². The largest absolute Gasteiger partial charge is 0.493 e. The standard InChI is InChI=1S/C25H24N4O3S2/c1-15-10-16(2)27-25(18(15)13-26)34-14-24(30)29-20(12-19(28-29)23-6-5-9-33-23)17-7-8-21(31-3)22(11-17)32-4/h5-11,20H,12,14H2,1-4H3/t20-/m0/s1. The maximum atomic E-state index is 13.4. The Kier molecular flexibility index (Phi) is 7.20. The van der Waals surface area contributed by atoms with E-state index in [1.54, 1.807) is 30.6 Å². The Bertz CT molecular complexity index is 1280. The van der Waals surface area contributed by atoms with Crippen molar-refractivity contribution >= 4 is 34.7 Å². The number of ether oxygens (including phenoxy) is 2. The van der Waals surface area contributed by atoms with Gasteiger partial charge in [-0.15, -0.1) is 11.3 Å². The smallest absolute Gasteiger partial charge is 0.253 e. The quantitative estimate of drug-likeness (QED) is 0.426. The Balaban J connectivity index is 1.63. The third-order valence-electron chi connectivity index (χ3n) is 5.52. The molecule has 0 saturated carbocycles. The van der Waals surface area contributed by atoms with Gasteiger partial charge in [0.15, 0.2) is 11.5 Å². The van der Waals surface area contributed by atoms with Gasteiger partial charge < -0.3 is 9.47 Å². The van der Waals surface area contributed by atoms with Crippen LogP contribution in [0.5, 0.6) is 11.5 Å². The second-order valence-electron chi connectivity index (χ2n) is 7.76. The lowest BCUT2D eigenvalue weighted by molar-refractivity contribution is -0.130. The second kappa shape index (κ2) is 10.3. The average molecular weight is 493 g/mol. The summed E-state index contributed by atoms with van der Waals surface area (Å²) >= 11 is 2.87. The summed E-state index contributed by atoms with van der Waals surface area (Å²) in [6.07, 6.45) is 0.595. The minimum atomic E-state index is -0.271. The number of hydrogen-bond donors (Lipinski definition) is 0. The van der Waals surface area contributed by atoms with Gasteiger partial charge in [-0.3, -0.25) is 4.79 Å². The number of aromatic nitrogens is 1. The van der Waals surface area contributed by atoms with Gasteiger partial charge in [0.2, 0.25) is 0 Å². The van der Waals surface area contributed by atoms with E-state index in [9.17, 15) is 10.1 Å². The highest BCUT2D eigenvalue weighted by molar-refractivity contribution is 8.00. The Morgan fingerprint density at radius 3 is 2.71 bits per heavy atom. The lowest BCUT2D eigenvalue weighted by Gasteiger charge is -2.23. The fourth-order valence-electron chi connectivity index (χ4n) is 3.89. The van der Waals surface area contributed by atoms with Gasteiger partial charge in [-0.1, -0.05) is 23.9 Å². The number of thiophene rings is 1. The zero-order chi connectivity index (χ0) is 24.2. The van der Waals surface area contributed by atoms with E-state index in [0.29, 0.717) is 28.5 Å². The predicted molar refractivity (Wildman–Crippen MR) is 134 cm³/mol. The Morgan fingerprint density at radius 1 is 1.24 bits per heavy atom. The second-order valence-corrected chi connectivity index (χ2v) is 9.67. The van der Waals surface area contributed by atoms with E-state index in [4.69, 9.17) is 14.6 Å². The highest BCUT2D eigenvalue weighted by Crippen LogP contribution is 2.38. The number of benzene rings is 1. The van der Waals surface area contributed by atoms with E-state index in [0.717, 1.165) is 27.4 Å². The summed E-state index contributed by atoms with van der Waals surface area (Å²) in [7, 11) is 3.18. The summed E-state index contributed by atoms with van der Waals surface area (Å²) < 4.78 is 10.8. The van der Waals surface area contributed by atoms with Crippen molar-refractivity contribution in [3.63, 3.8) is 0 Å². The molecule has 1 atom stereocenters. The van der Waals surface area contributed by atoms with Gasteiger partial charge in [0, 0.05) is 12.1 Å². The van der Waals surface area contributed by atoms with Gasteiger partial charge in [-0.25, -0.2) is 9.99 Å². The third kappa shape index (κ3) is 4.79. The highest BCUT2D eigenvalue weighted by atomic mass is 32.2. The number of thioether (sulfide) groups is 1. The molecule has 0 saturated heterocycles. The number of carbonyl (C=O) groups excluding carboxylic acids is 1. The van der Waals surface area contributed by atoms with E-state index in [2.05, 4.69) is 11.1 Å². The summed E-state index contributed by atoms with van der Waals surface area (Å²) in [5.74, 6) is 1.20. The molecule has 174 valence electrons. The van der Waals surface area contributed by atoms with Crippen molar-refractivity contribution in [2.45, 2.75) is 31.3 Å². The normalized spacial score (nSPS) is 15.1. The summed E-state index contributed by atoms with van der Waals surface area (Å²) in [4.78, 5) is 18.9. The molecule has 2 aromatic heterocycles. The van der Waals surface area contributed by atoms with Crippen LogP contribution in [0.1, 0.15) is 39.7 Å². The highest BCUT2D eigenvalue weighted by Gasteiger charge is 2.34. The molecule has 34 heavy (non-hydrogen) atoms. The number of carbonyl (C=O) groups is 1. The van der Waals surface area contributed by atoms with E-state index in [-0.39, 0.29) is 17.7 Å². The van der Waals surface area contributed by atoms with Gasteiger partial charge in [-0.05, 0) is 54.6 Å². The molecule has 9 heteroatoms. The fourth-order valence-corrected chi connectivity index (χ4v) is 5.56. The first-order chi connectivity index (χ1) is 16.4. The number of rotatable bonds is 7. The average Bonchev–Trinajstić information content (AvgIpc) is 3.52. The van der Waals surface area contributed by atoms with Crippen LogP contribution in [0.3, 0.4) is 0 Å². The summed E-state index contributed by atoms with van der Waals surface area (Å²) in [6, 6.07) is 13.5. The fraction of sp³-hybridized carbons (Fsp3) is 0.280. The van der Waals surface area contributed by atoms with Crippen LogP contribution in [0.2, 0.25) is 0 Å². The molecule has 0 fully saturated rings. The molecule has 1 aliphatic heterocycles. The number of pyridine rings is 1. The maximum absolute atomic E-state index is 13.4. The van der Waals surface area contributed by atoms with Gasteiger partial charge in [0.25, 0.3) is 5.91 Å². The van der Waals surface area contributed by atoms with Crippen molar-refractivity contribution in [3.05, 3.63) is 69.0 Å². The van der Waals surface area contributed by atoms with Crippen LogP contribution >= 0.6 is 23.1 Å². The first-order valence-electron chi connectivity index (χ1n) is 10.6. The number of methoxy groups -OCH3 is 2. The van der Waals surface area contributed by atoms with Crippen LogP contribution in [0.25, 0.3) is 0 Å². The predicted octanol–water partition coefficient (Wildman–Crippen LogP) is 5.12. The molecule has 0 spiro atoms. The van der Waals surface area contributed by atoms with Gasteiger partial charge >= 0.3 is 0 Å². The maximum Gasteiger partial charge on any atom is 0.253 e. The molecule has 7 nitrogen and oxygen atoms in total. The van der Waals surface area contributed by atoms with E-state index in [1.807, 2.05) is 55.6 Å². The summed E-state index contributed by atoms with van der Waals surface area (Å²) in [5.41, 5.74) is 3.95. The Hall–Kier alpha value is -3.35.